The van der Waals surface area contributed by atoms with E-state index in [0.29, 0.717) is 37.9 Å². The number of esters is 4. The predicted molar refractivity (Wildman–Crippen MR) is 212 cm³/mol. The zero-order valence-corrected chi connectivity index (χ0v) is 35.8. The van der Waals surface area contributed by atoms with E-state index < -0.39 is 90.2 Å². The molecule has 4 N–H and O–H groups in total. The summed E-state index contributed by atoms with van der Waals surface area (Å²) in [6, 6.07) is 6.06. The van der Waals surface area contributed by atoms with Crippen LogP contribution in [0.5, 0.6) is 5.75 Å². The summed E-state index contributed by atoms with van der Waals surface area (Å²) in [4.78, 5) is 50.6. The topological polar surface area (TPSA) is 232 Å². The van der Waals surface area contributed by atoms with E-state index in [1.54, 1.807) is 12.1 Å². The van der Waals surface area contributed by atoms with Crippen molar-refractivity contribution in [3.8, 4) is 5.75 Å². The zero-order chi connectivity index (χ0) is 44.3. The molecular weight excluding hydrogens is 812 g/mol. The first-order valence-electron chi connectivity index (χ1n) is 21.8. The summed E-state index contributed by atoms with van der Waals surface area (Å²) in [5, 5.41) is 45.6. The molecule has 1 unspecified atom stereocenters. The van der Waals surface area contributed by atoms with Crippen LogP contribution in [0.1, 0.15) is 89.4 Å². The third-order valence-electron chi connectivity index (χ3n) is 15.6. The van der Waals surface area contributed by atoms with Gasteiger partial charge in [0.15, 0.2) is 24.8 Å². The second-order valence-corrected chi connectivity index (χ2v) is 18.8. The molecule has 0 radical (unpaired) electrons. The monoisotopic (exact) mass is 872 g/mol. The Kier molecular flexibility index (Phi) is 12.6. The summed E-state index contributed by atoms with van der Waals surface area (Å²) >= 11 is 0. The molecule has 8 rings (SSSR count). The van der Waals surface area contributed by atoms with Crippen molar-refractivity contribution in [3.05, 3.63) is 41.5 Å². The number of fused-ring (bicyclic) bond motifs is 5. The number of aliphatic hydroxyl groups excluding tert-OH is 3. The highest BCUT2D eigenvalue weighted by Crippen LogP contribution is 2.70. The molecule has 2 saturated heterocycles. The molecule has 3 aliphatic heterocycles. The third-order valence-corrected chi connectivity index (χ3v) is 15.6. The number of ether oxygens (including phenoxy) is 9. The van der Waals surface area contributed by atoms with Gasteiger partial charge in [-0.3, -0.25) is 9.59 Å². The van der Waals surface area contributed by atoms with Crippen molar-refractivity contribution in [3.63, 3.8) is 0 Å². The molecule has 3 heterocycles. The number of hydrogen-bond acceptors (Lipinski definition) is 17. The van der Waals surface area contributed by atoms with Crippen molar-refractivity contribution in [2.24, 2.45) is 34.5 Å². The first kappa shape index (κ1) is 44.9. The summed E-state index contributed by atoms with van der Waals surface area (Å²) in [5.74, 6) is -1.88. The second-order valence-electron chi connectivity index (χ2n) is 18.8. The van der Waals surface area contributed by atoms with Gasteiger partial charge in [0.2, 0.25) is 0 Å². The van der Waals surface area contributed by atoms with Crippen LogP contribution in [-0.2, 0) is 52.3 Å². The number of hydrogen-bond donors (Lipinski definition) is 4. The third kappa shape index (κ3) is 7.94. The fraction of sp³-hybridized carbons (Fsp3) is 0.733. The van der Waals surface area contributed by atoms with Crippen molar-refractivity contribution in [1.29, 1.82) is 0 Å². The number of methoxy groups -OCH3 is 1. The van der Waals surface area contributed by atoms with Gasteiger partial charge in [-0.25, -0.2) is 9.59 Å². The number of benzene rings is 1. The number of carbonyl (C=O) groups excluding carboxylic acids is 4. The predicted octanol–water partition coefficient (Wildman–Crippen LogP) is 2.52. The fourth-order valence-electron chi connectivity index (χ4n) is 12.4. The average Bonchev–Trinajstić information content (AvgIpc) is 3.79. The van der Waals surface area contributed by atoms with Gasteiger partial charge in [-0.05, 0) is 110 Å². The Bertz CT molecular complexity index is 1890. The van der Waals surface area contributed by atoms with E-state index in [1.807, 2.05) is 6.92 Å². The summed E-state index contributed by atoms with van der Waals surface area (Å²) in [6.45, 7) is 6.42. The van der Waals surface area contributed by atoms with Gasteiger partial charge in [-0.15, -0.1) is 0 Å². The van der Waals surface area contributed by atoms with Crippen molar-refractivity contribution in [2.45, 2.75) is 146 Å². The summed E-state index contributed by atoms with van der Waals surface area (Å²) in [5.41, 5.74) is -1.22. The van der Waals surface area contributed by atoms with Crippen molar-refractivity contribution in [1.82, 2.24) is 0 Å². The van der Waals surface area contributed by atoms with Gasteiger partial charge < -0.3 is 63.1 Å². The number of rotatable bonds is 10. The van der Waals surface area contributed by atoms with Crippen LogP contribution in [0, 0.1) is 34.5 Å². The van der Waals surface area contributed by atoms with E-state index in [1.165, 1.54) is 39.2 Å². The van der Waals surface area contributed by atoms with Crippen LogP contribution in [0.25, 0.3) is 0 Å². The van der Waals surface area contributed by atoms with Gasteiger partial charge in [0.25, 0.3) is 0 Å². The first-order chi connectivity index (χ1) is 29.5. The van der Waals surface area contributed by atoms with Crippen molar-refractivity contribution in [2.75, 3.05) is 26.9 Å². The minimum absolute atomic E-state index is 0.0302. The van der Waals surface area contributed by atoms with Crippen LogP contribution in [0.15, 0.2) is 35.9 Å². The Morgan fingerprint density at radius 2 is 1.47 bits per heavy atom. The molecule has 17 nitrogen and oxygen atoms in total. The first-order valence-corrected chi connectivity index (χ1v) is 21.8. The molecule has 4 saturated carbocycles. The second kappa shape index (κ2) is 17.4. The average molecular weight is 873 g/mol. The molecule has 6 fully saturated rings. The minimum atomic E-state index is -1.62. The summed E-state index contributed by atoms with van der Waals surface area (Å²) < 4.78 is 52.5. The van der Waals surface area contributed by atoms with Crippen molar-refractivity contribution >= 4 is 23.9 Å². The van der Waals surface area contributed by atoms with E-state index in [9.17, 15) is 39.6 Å². The standard InChI is InChI=1S/C45H60O17/c1-22(46)58-34-18-31-30(45(53)15-13-29(44(34,45)4)25-16-35(50)55-19-25)11-8-26-17-28(12-14-43(26,31)3)60-42-39(59-23(2)47)37(33(49)21-57-42)62-41-38(36(51)32(48)20-56-41)61-40(52)24-6-9-27(54-5)10-7-24/h6-7,9-10,16,26,28-34,36-39,41-42,48-49,51,53H,8,11-15,17-21H2,1-5H3/t26?,28-,29-,30+,31-,32+,33-,34+,36-,37-,38+,39+,41-,42-,43-,44-,45+/m0/s1. The van der Waals surface area contributed by atoms with Gasteiger partial charge >= 0.3 is 23.9 Å². The van der Waals surface area contributed by atoms with E-state index in [2.05, 4.69) is 6.92 Å². The lowest BCUT2D eigenvalue weighted by Crippen LogP contribution is -2.67. The van der Waals surface area contributed by atoms with E-state index in [4.69, 9.17) is 42.6 Å². The molecule has 4 aliphatic carbocycles. The lowest BCUT2D eigenvalue weighted by Gasteiger charge is -2.65. The van der Waals surface area contributed by atoms with Crippen LogP contribution in [0.3, 0.4) is 0 Å². The number of aliphatic hydroxyl groups is 4. The smallest absolute Gasteiger partial charge is 0.338 e. The molecule has 7 aliphatic rings. The molecule has 0 spiro atoms. The molecule has 17 heteroatoms. The van der Waals surface area contributed by atoms with Gasteiger partial charge in [-0.1, -0.05) is 13.8 Å². The van der Waals surface area contributed by atoms with Gasteiger partial charge in [0.05, 0.1) is 37.6 Å². The van der Waals surface area contributed by atoms with Crippen LogP contribution in [0.2, 0.25) is 0 Å². The molecule has 1 aromatic carbocycles. The maximum Gasteiger partial charge on any atom is 0.338 e. The molecular formula is C45H60O17. The number of cyclic esters (lactones) is 1. The molecule has 62 heavy (non-hydrogen) atoms. The lowest BCUT2D eigenvalue weighted by molar-refractivity contribution is -0.341. The van der Waals surface area contributed by atoms with Crippen molar-refractivity contribution < 1.29 is 82.2 Å². The molecule has 0 amide bonds. The molecule has 0 bridgehead atoms. The highest BCUT2D eigenvalue weighted by atomic mass is 16.7. The van der Waals surface area contributed by atoms with Crippen LogP contribution in [-0.4, -0.2) is 138 Å². The number of carbonyl (C=O) groups is 4. The lowest BCUT2D eigenvalue weighted by atomic mass is 9.42. The molecule has 0 aromatic heterocycles. The molecule has 1 aromatic rings. The summed E-state index contributed by atoms with van der Waals surface area (Å²) in [7, 11) is 1.48. The Morgan fingerprint density at radius 3 is 2.13 bits per heavy atom. The van der Waals surface area contributed by atoms with E-state index in [-0.39, 0.29) is 60.6 Å². The Labute approximate surface area is 360 Å². The quantitative estimate of drug-likeness (QED) is 0.150. The zero-order valence-electron chi connectivity index (χ0n) is 35.8. The maximum absolute atomic E-state index is 13.2. The minimum Gasteiger partial charge on any atom is -0.497 e. The Balaban J connectivity index is 0.975. The van der Waals surface area contributed by atoms with Crippen LogP contribution < -0.4 is 4.74 Å². The SMILES string of the molecule is COc1ccc(C(=O)O[C@H]2[C@H](O[C@@H]3[C@@H](OC(C)=O)[C@H](O[C@H]4CC[C@@]5(C)C(CC[C@@H]6[C@@H]5C[C@@H](OC(C)=O)[C@]5(C)[C@H](C7=CC(=O)OC7)CC[C@@]65O)C4)OC[C@@H]3O)OC[C@@H](O)[C@@H]2O)cc1. The molecule has 342 valence electrons. The Hall–Kier alpha value is -3.68. The maximum atomic E-state index is 13.2. The highest BCUT2D eigenvalue weighted by Gasteiger charge is 2.72. The van der Waals surface area contributed by atoms with Gasteiger partial charge in [0, 0.05) is 25.3 Å². The normalized spacial score (nSPS) is 43.8. The van der Waals surface area contributed by atoms with Gasteiger partial charge in [0.1, 0.15) is 42.9 Å². The van der Waals surface area contributed by atoms with Gasteiger partial charge in [-0.2, -0.15) is 0 Å². The van der Waals surface area contributed by atoms with Crippen LogP contribution >= 0.6 is 0 Å². The summed E-state index contributed by atoms with van der Waals surface area (Å²) in [6.07, 6.45) is -5.40. The van der Waals surface area contributed by atoms with E-state index >= 15 is 0 Å². The Morgan fingerprint density at radius 1 is 0.774 bits per heavy atom. The fourth-order valence-corrected chi connectivity index (χ4v) is 12.4. The highest BCUT2D eigenvalue weighted by molar-refractivity contribution is 5.89. The van der Waals surface area contributed by atoms with E-state index in [0.717, 1.165) is 24.8 Å². The largest absolute Gasteiger partial charge is 0.497 e. The molecule has 17 atom stereocenters. The van der Waals surface area contributed by atoms with Crippen LogP contribution in [0.4, 0.5) is 0 Å².